The number of methoxy groups -OCH3 is 1. The maximum atomic E-state index is 13.1. The van der Waals surface area contributed by atoms with E-state index in [-0.39, 0.29) is 5.91 Å². The Hall–Kier alpha value is -3.02. The maximum Gasteiger partial charge on any atom is 0.411 e. The number of benzene rings is 2. The molecule has 0 spiro atoms. The highest BCUT2D eigenvalue weighted by atomic mass is 16.6. The minimum Gasteiger partial charge on any atom is -0.496 e. The van der Waals surface area contributed by atoms with Crippen LogP contribution < -0.4 is 10.1 Å². The molecule has 2 aromatic carbocycles. The molecule has 6 nitrogen and oxygen atoms in total. The SMILES string of the molecule is COc1ccccc1CNC(=O)C1Cc2ccccc2CN1C(=O)OC(C)(C)C. The number of hydrogen-bond acceptors (Lipinski definition) is 4. The molecule has 0 saturated heterocycles. The molecule has 0 bridgehead atoms. The van der Waals surface area contributed by atoms with Crippen molar-refractivity contribution in [2.75, 3.05) is 7.11 Å². The first-order valence-corrected chi connectivity index (χ1v) is 9.74. The Morgan fingerprint density at radius 1 is 1.07 bits per heavy atom. The summed E-state index contributed by atoms with van der Waals surface area (Å²) in [6.07, 6.45) is -0.0304. The molecular weight excluding hydrogens is 368 g/mol. The summed E-state index contributed by atoms with van der Waals surface area (Å²) in [6.45, 7) is 6.12. The van der Waals surface area contributed by atoms with Crippen LogP contribution in [0.15, 0.2) is 48.5 Å². The number of nitrogens with zero attached hydrogens (tertiary/aromatic N) is 1. The molecule has 2 aromatic rings. The molecule has 6 heteroatoms. The highest BCUT2D eigenvalue weighted by molar-refractivity contribution is 5.86. The van der Waals surface area contributed by atoms with E-state index in [0.29, 0.717) is 25.3 Å². The molecule has 29 heavy (non-hydrogen) atoms. The summed E-state index contributed by atoms with van der Waals surface area (Å²) < 4.78 is 10.9. The van der Waals surface area contributed by atoms with Crippen LogP contribution in [0.2, 0.25) is 0 Å². The number of nitrogens with one attached hydrogen (secondary N) is 1. The van der Waals surface area contributed by atoms with E-state index < -0.39 is 17.7 Å². The van der Waals surface area contributed by atoms with Crippen molar-refractivity contribution >= 4 is 12.0 Å². The molecule has 1 aliphatic rings. The molecule has 1 atom stereocenters. The van der Waals surface area contributed by atoms with Crippen molar-refractivity contribution in [2.45, 2.75) is 51.9 Å². The Morgan fingerprint density at radius 2 is 1.72 bits per heavy atom. The van der Waals surface area contributed by atoms with Crippen LogP contribution in [-0.4, -0.2) is 35.7 Å². The summed E-state index contributed by atoms with van der Waals surface area (Å²) in [7, 11) is 1.60. The number of amides is 2. The number of fused-ring (bicyclic) bond motifs is 1. The van der Waals surface area contributed by atoms with Crippen LogP contribution >= 0.6 is 0 Å². The lowest BCUT2D eigenvalue weighted by Crippen LogP contribution is -2.53. The van der Waals surface area contributed by atoms with Crippen LogP contribution in [0, 0.1) is 0 Å². The third-order valence-corrected chi connectivity index (χ3v) is 4.82. The highest BCUT2D eigenvalue weighted by Gasteiger charge is 2.36. The Kier molecular flexibility index (Phi) is 6.11. The van der Waals surface area contributed by atoms with Crippen molar-refractivity contribution in [1.82, 2.24) is 10.2 Å². The Balaban J connectivity index is 1.79. The maximum absolute atomic E-state index is 13.1. The lowest BCUT2D eigenvalue weighted by atomic mass is 9.93. The fourth-order valence-corrected chi connectivity index (χ4v) is 3.42. The summed E-state index contributed by atoms with van der Waals surface area (Å²) >= 11 is 0. The Labute approximate surface area is 171 Å². The summed E-state index contributed by atoms with van der Waals surface area (Å²) in [6, 6.07) is 14.8. The zero-order valence-electron chi connectivity index (χ0n) is 17.4. The molecule has 3 rings (SSSR count). The monoisotopic (exact) mass is 396 g/mol. The molecule has 0 aliphatic carbocycles. The van der Waals surface area contributed by atoms with Gasteiger partial charge in [0.15, 0.2) is 0 Å². The van der Waals surface area contributed by atoms with Crippen LogP contribution in [0.25, 0.3) is 0 Å². The van der Waals surface area contributed by atoms with Crippen molar-refractivity contribution in [1.29, 1.82) is 0 Å². The second kappa shape index (κ2) is 8.55. The molecule has 1 aliphatic heterocycles. The van der Waals surface area contributed by atoms with E-state index in [2.05, 4.69) is 5.32 Å². The highest BCUT2D eigenvalue weighted by Crippen LogP contribution is 2.26. The van der Waals surface area contributed by atoms with Gasteiger partial charge in [0.05, 0.1) is 13.7 Å². The zero-order chi connectivity index (χ0) is 21.0. The topological polar surface area (TPSA) is 67.9 Å². The van der Waals surface area contributed by atoms with Crippen molar-refractivity contribution in [3.8, 4) is 5.75 Å². The fraction of sp³-hybridized carbons (Fsp3) is 0.391. The first-order chi connectivity index (χ1) is 13.8. The van der Waals surface area contributed by atoms with Crippen LogP contribution in [0.1, 0.15) is 37.5 Å². The minimum atomic E-state index is -0.632. The largest absolute Gasteiger partial charge is 0.496 e. The second-order valence-electron chi connectivity index (χ2n) is 8.13. The van der Waals surface area contributed by atoms with Crippen molar-refractivity contribution in [2.24, 2.45) is 0 Å². The average molecular weight is 396 g/mol. The summed E-state index contributed by atoms with van der Waals surface area (Å²) in [5.74, 6) is 0.502. The molecule has 154 valence electrons. The lowest BCUT2D eigenvalue weighted by Gasteiger charge is -2.36. The molecule has 0 aromatic heterocycles. The van der Waals surface area contributed by atoms with Crippen LogP contribution in [0.3, 0.4) is 0 Å². The van der Waals surface area contributed by atoms with Gasteiger partial charge in [-0.05, 0) is 38.0 Å². The number of rotatable bonds is 4. The van der Waals surface area contributed by atoms with Crippen LogP contribution in [0.4, 0.5) is 4.79 Å². The van der Waals surface area contributed by atoms with E-state index in [1.54, 1.807) is 7.11 Å². The van der Waals surface area contributed by atoms with Gasteiger partial charge < -0.3 is 14.8 Å². The van der Waals surface area contributed by atoms with E-state index >= 15 is 0 Å². The molecule has 0 fully saturated rings. The van der Waals surface area contributed by atoms with Gasteiger partial charge in [-0.2, -0.15) is 0 Å². The van der Waals surface area contributed by atoms with Crippen LogP contribution in [-0.2, 0) is 29.0 Å². The Morgan fingerprint density at radius 3 is 2.41 bits per heavy atom. The van der Waals surface area contributed by atoms with Gasteiger partial charge in [-0.1, -0.05) is 42.5 Å². The number of hydrogen-bond donors (Lipinski definition) is 1. The molecule has 0 saturated carbocycles. The summed E-state index contributed by atoms with van der Waals surface area (Å²) in [4.78, 5) is 27.4. The average Bonchev–Trinajstić information content (AvgIpc) is 2.70. The second-order valence-corrected chi connectivity index (χ2v) is 8.13. The van der Waals surface area contributed by atoms with Crippen molar-refractivity contribution < 1.29 is 19.1 Å². The molecule has 1 heterocycles. The standard InChI is InChI=1S/C23H28N2O4/c1-23(2,3)29-22(27)25-15-18-11-6-5-9-16(18)13-19(25)21(26)24-14-17-10-7-8-12-20(17)28-4/h5-12,19H,13-15H2,1-4H3,(H,24,26). The van der Waals surface area contributed by atoms with E-state index in [1.807, 2.05) is 69.3 Å². The van der Waals surface area contributed by atoms with Gasteiger partial charge in [0, 0.05) is 18.5 Å². The van der Waals surface area contributed by atoms with Gasteiger partial charge in [0.2, 0.25) is 5.91 Å². The number of ether oxygens (including phenoxy) is 2. The van der Waals surface area contributed by atoms with Gasteiger partial charge in [-0.15, -0.1) is 0 Å². The van der Waals surface area contributed by atoms with Gasteiger partial charge in [-0.3, -0.25) is 9.69 Å². The quantitative estimate of drug-likeness (QED) is 0.856. The molecule has 0 radical (unpaired) electrons. The van der Waals surface area contributed by atoms with E-state index in [1.165, 1.54) is 4.90 Å². The smallest absolute Gasteiger partial charge is 0.411 e. The van der Waals surface area contributed by atoms with Gasteiger partial charge in [0.1, 0.15) is 17.4 Å². The third-order valence-electron chi connectivity index (χ3n) is 4.82. The Bertz CT molecular complexity index is 888. The number of carbonyl (C=O) groups excluding carboxylic acids is 2. The normalized spacial score (nSPS) is 16.0. The number of carbonyl (C=O) groups is 2. The predicted octanol–water partition coefficient (Wildman–Crippen LogP) is 3.67. The van der Waals surface area contributed by atoms with E-state index in [0.717, 1.165) is 16.7 Å². The lowest BCUT2D eigenvalue weighted by molar-refractivity contribution is -0.127. The third kappa shape index (κ3) is 5.08. The molecule has 1 unspecified atom stereocenters. The fourth-order valence-electron chi connectivity index (χ4n) is 3.42. The van der Waals surface area contributed by atoms with Gasteiger partial charge in [-0.25, -0.2) is 4.79 Å². The predicted molar refractivity (Wildman–Crippen MR) is 111 cm³/mol. The molecule has 1 N–H and O–H groups in total. The first-order valence-electron chi connectivity index (χ1n) is 9.74. The molecular formula is C23H28N2O4. The van der Waals surface area contributed by atoms with Gasteiger partial charge in [0.25, 0.3) is 0 Å². The molecule has 2 amide bonds. The number of para-hydroxylation sites is 1. The minimum absolute atomic E-state index is 0.212. The summed E-state index contributed by atoms with van der Waals surface area (Å²) in [5, 5.41) is 2.95. The van der Waals surface area contributed by atoms with E-state index in [4.69, 9.17) is 9.47 Å². The van der Waals surface area contributed by atoms with Crippen molar-refractivity contribution in [3.63, 3.8) is 0 Å². The van der Waals surface area contributed by atoms with E-state index in [9.17, 15) is 9.59 Å². The van der Waals surface area contributed by atoms with Gasteiger partial charge >= 0.3 is 6.09 Å². The first kappa shape index (κ1) is 20.7. The van der Waals surface area contributed by atoms with Crippen LogP contribution in [0.5, 0.6) is 5.75 Å². The van der Waals surface area contributed by atoms with Crippen molar-refractivity contribution in [3.05, 3.63) is 65.2 Å². The summed E-state index contributed by atoms with van der Waals surface area (Å²) in [5.41, 5.74) is 2.35. The zero-order valence-corrected chi connectivity index (χ0v) is 17.4.